The van der Waals surface area contributed by atoms with E-state index in [0.29, 0.717) is 10.6 Å². The van der Waals surface area contributed by atoms with Crippen LogP contribution < -0.4 is 5.32 Å². The second-order valence-corrected chi connectivity index (χ2v) is 5.54. The topological polar surface area (TPSA) is 42.0 Å². The molecule has 0 aliphatic carbocycles. The second kappa shape index (κ2) is 4.97. The molecule has 1 amide bonds. The minimum atomic E-state index is -0.0827. The van der Waals surface area contributed by atoms with E-state index in [0.717, 1.165) is 27.7 Å². The smallest absolute Gasteiger partial charge is 0.256 e. The van der Waals surface area contributed by atoms with Crippen molar-refractivity contribution in [3.63, 3.8) is 0 Å². The van der Waals surface area contributed by atoms with Crippen LogP contribution in [0.25, 0.3) is 22.5 Å². The molecule has 4 heteroatoms. The Labute approximate surface area is 132 Å². The van der Waals surface area contributed by atoms with Gasteiger partial charge in [-0.15, -0.1) is 0 Å². The number of nitrogens with zero attached hydrogens (tertiary/aromatic N) is 1. The molecule has 0 unspecified atom stereocenters. The van der Waals surface area contributed by atoms with E-state index in [4.69, 9.17) is 11.6 Å². The van der Waals surface area contributed by atoms with Gasteiger partial charge in [0.2, 0.25) is 0 Å². The van der Waals surface area contributed by atoms with Crippen molar-refractivity contribution in [2.45, 2.75) is 0 Å². The summed E-state index contributed by atoms with van der Waals surface area (Å²) in [5.41, 5.74) is 3.10. The van der Waals surface area contributed by atoms with Gasteiger partial charge in [-0.05, 0) is 24.3 Å². The molecular formula is C18H11ClN2O. The third kappa shape index (κ3) is 2.07. The number of amides is 1. The summed E-state index contributed by atoms with van der Waals surface area (Å²) in [5, 5.41) is 5.51. The maximum Gasteiger partial charge on any atom is 0.256 e. The highest BCUT2D eigenvalue weighted by atomic mass is 35.5. The van der Waals surface area contributed by atoms with Crippen molar-refractivity contribution >= 4 is 40.1 Å². The minimum absolute atomic E-state index is 0.0827. The van der Waals surface area contributed by atoms with Gasteiger partial charge in [-0.3, -0.25) is 9.78 Å². The lowest BCUT2D eigenvalue weighted by molar-refractivity contribution is 0.0981. The number of rotatable bonds is 1. The van der Waals surface area contributed by atoms with E-state index in [2.05, 4.69) is 10.3 Å². The molecule has 2 heterocycles. The summed E-state index contributed by atoms with van der Waals surface area (Å²) < 4.78 is 0. The highest BCUT2D eigenvalue weighted by Crippen LogP contribution is 2.27. The van der Waals surface area contributed by atoms with Crippen LogP contribution >= 0.6 is 11.6 Å². The Bertz CT molecular complexity index is 947. The summed E-state index contributed by atoms with van der Waals surface area (Å²) in [6.07, 6.45) is 3.66. The van der Waals surface area contributed by atoms with Crippen LogP contribution in [-0.2, 0) is 0 Å². The first kappa shape index (κ1) is 13.0. The molecule has 0 bridgehead atoms. The van der Waals surface area contributed by atoms with Gasteiger partial charge >= 0.3 is 0 Å². The summed E-state index contributed by atoms with van der Waals surface area (Å²) in [6, 6.07) is 15.2. The molecule has 1 aliphatic heterocycles. The van der Waals surface area contributed by atoms with Gasteiger partial charge in [0.05, 0.1) is 11.4 Å². The summed E-state index contributed by atoms with van der Waals surface area (Å²) in [4.78, 5) is 16.4. The number of hydrogen-bond acceptors (Lipinski definition) is 2. The molecule has 22 heavy (non-hydrogen) atoms. The molecule has 0 fully saturated rings. The molecule has 1 aromatic heterocycles. The van der Waals surface area contributed by atoms with E-state index >= 15 is 0 Å². The standard InChI is InChI=1S/C18H11ClN2O/c19-16-7-3-4-11-10-20-12(8-15(11)16)9-17-13-5-1-2-6-14(13)18(22)21-17/h1-10H,(H,21,22)/b17-9-. The normalized spacial score (nSPS) is 15.1. The molecule has 0 spiro atoms. The average Bonchev–Trinajstić information content (AvgIpc) is 2.85. The third-order valence-corrected chi connectivity index (χ3v) is 4.06. The second-order valence-electron chi connectivity index (χ2n) is 5.13. The number of halogens is 1. The van der Waals surface area contributed by atoms with Crippen LogP contribution in [0, 0.1) is 0 Å². The number of benzene rings is 2. The lowest BCUT2D eigenvalue weighted by Crippen LogP contribution is -2.11. The van der Waals surface area contributed by atoms with Crippen LogP contribution in [0.4, 0.5) is 0 Å². The van der Waals surface area contributed by atoms with Crippen molar-refractivity contribution < 1.29 is 4.79 Å². The molecule has 3 nitrogen and oxygen atoms in total. The van der Waals surface area contributed by atoms with Crippen molar-refractivity contribution in [3.05, 3.63) is 76.6 Å². The molecule has 1 aliphatic rings. The molecule has 4 rings (SSSR count). The zero-order valence-corrected chi connectivity index (χ0v) is 12.3. The first-order valence-electron chi connectivity index (χ1n) is 6.89. The van der Waals surface area contributed by atoms with Gasteiger partial charge in [-0.2, -0.15) is 0 Å². The fourth-order valence-corrected chi connectivity index (χ4v) is 2.90. The predicted octanol–water partition coefficient (Wildman–Crippen LogP) is 4.13. The van der Waals surface area contributed by atoms with Gasteiger partial charge in [0.15, 0.2) is 0 Å². The quantitative estimate of drug-likeness (QED) is 0.734. The summed E-state index contributed by atoms with van der Waals surface area (Å²) in [7, 11) is 0. The first-order chi connectivity index (χ1) is 10.7. The predicted molar refractivity (Wildman–Crippen MR) is 88.5 cm³/mol. The van der Waals surface area contributed by atoms with Gasteiger partial charge in [0.1, 0.15) is 0 Å². The van der Waals surface area contributed by atoms with Gasteiger partial charge in [0.25, 0.3) is 5.91 Å². The molecule has 0 radical (unpaired) electrons. The van der Waals surface area contributed by atoms with E-state index in [9.17, 15) is 4.79 Å². The lowest BCUT2D eigenvalue weighted by atomic mass is 10.1. The Morgan fingerprint density at radius 2 is 1.86 bits per heavy atom. The number of nitrogens with one attached hydrogen (secondary N) is 1. The maximum absolute atomic E-state index is 11.9. The Kier molecular flexibility index (Phi) is 2.94. The largest absolute Gasteiger partial charge is 0.321 e. The number of carbonyl (C=O) groups excluding carboxylic acids is 1. The SMILES string of the molecule is O=C1N/C(=C\c2cc3c(Cl)cccc3cn2)c2ccccc21. The zero-order chi connectivity index (χ0) is 15.1. The Hall–Kier alpha value is -2.65. The van der Waals surface area contributed by atoms with Gasteiger partial charge < -0.3 is 5.32 Å². The van der Waals surface area contributed by atoms with Crippen molar-refractivity contribution in [3.8, 4) is 0 Å². The molecular weight excluding hydrogens is 296 g/mol. The first-order valence-corrected chi connectivity index (χ1v) is 7.27. The number of pyridine rings is 1. The van der Waals surface area contributed by atoms with Crippen molar-refractivity contribution in [1.82, 2.24) is 10.3 Å². The molecule has 1 N–H and O–H groups in total. The molecule has 0 saturated heterocycles. The number of fused-ring (bicyclic) bond motifs is 2. The van der Waals surface area contributed by atoms with Gasteiger partial charge in [0, 0.05) is 33.1 Å². The van der Waals surface area contributed by atoms with E-state index in [1.807, 2.05) is 54.6 Å². The van der Waals surface area contributed by atoms with Crippen LogP contribution in [0.15, 0.2) is 54.7 Å². The summed E-state index contributed by atoms with van der Waals surface area (Å²) in [5.74, 6) is -0.0827. The highest BCUT2D eigenvalue weighted by Gasteiger charge is 2.22. The van der Waals surface area contributed by atoms with E-state index in [1.54, 1.807) is 6.20 Å². The summed E-state index contributed by atoms with van der Waals surface area (Å²) >= 11 is 6.23. The number of hydrogen-bond donors (Lipinski definition) is 1. The number of aromatic nitrogens is 1. The Balaban J connectivity index is 1.84. The fraction of sp³-hybridized carbons (Fsp3) is 0. The van der Waals surface area contributed by atoms with E-state index in [-0.39, 0.29) is 5.91 Å². The fourth-order valence-electron chi connectivity index (χ4n) is 2.66. The van der Waals surface area contributed by atoms with Crippen LogP contribution in [-0.4, -0.2) is 10.9 Å². The molecule has 3 aromatic rings. The van der Waals surface area contributed by atoms with Gasteiger partial charge in [-0.25, -0.2) is 0 Å². The van der Waals surface area contributed by atoms with Crippen molar-refractivity contribution in [2.24, 2.45) is 0 Å². The summed E-state index contributed by atoms with van der Waals surface area (Å²) in [6.45, 7) is 0. The number of carbonyl (C=O) groups is 1. The maximum atomic E-state index is 11.9. The van der Waals surface area contributed by atoms with E-state index < -0.39 is 0 Å². The molecule has 2 aromatic carbocycles. The van der Waals surface area contributed by atoms with Crippen molar-refractivity contribution in [1.29, 1.82) is 0 Å². The molecule has 0 saturated carbocycles. The monoisotopic (exact) mass is 306 g/mol. The van der Waals surface area contributed by atoms with Crippen molar-refractivity contribution in [2.75, 3.05) is 0 Å². The van der Waals surface area contributed by atoms with Gasteiger partial charge in [-0.1, -0.05) is 41.9 Å². The van der Waals surface area contributed by atoms with Crippen LogP contribution in [0.3, 0.4) is 0 Å². The highest BCUT2D eigenvalue weighted by molar-refractivity contribution is 6.35. The molecule has 0 atom stereocenters. The van der Waals surface area contributed by atoms with Crippen LogP contribution in [0.1, 0.15) is 21.6 Å². The zero-order valence-electron chi connectivity index (χ0n) is 11.5. The Morgan fingerprint density at radius 1 is 1.05 bits per heavy atom. The Morgan fingerprint density at radius 3 is 2.73 bits per heavy atom. The minimum Gasteiger partial charge on any atom is -0.321 e. The van der Waals surface area contributed by atoms with E-state index in [1.165, 1.54) is 0 Å². The molecule has 106 valence electrons. The van der Waals surface area contributed by atoms with Crippen LogP contribution in [0.2, 0.25) is 5.02 Å². The average molecular weight is 307 g/mol. The van der Waals surface area contributed by atoms with Crippen LogP contribution in [0.5, 0.6) is 0 Å². The third-order valence-electron chi connectivity index (χ3n) is 3.73. The lowest BCUT2D eigenvalue weighted by Gasteiger charge is -2.03.